The van der Waals surface area contributed by atoms with Gasteiger partial charge in [0.05, 0.1) is 0 Å². The summed E-state index contributed by atoms with van der Waals surface area (Å²) in [7, 11) is -10.2. The van der Waals surface area contributed by atoms with E-state index in [0.29, 0.717) is 0 Å². The number of rotatable bonds is 2. The van der Waals surface area contributed by atoms with E-state index in [1.165, 1.54) is 0 Å². The first-order chi connectivity index (χ1) is 3.71. The first kappa shape index (κ1) is 46.9. The zero-order valence-corrected chi connectivity index (χ0v) is 8.39. The molecule has 0 aromatic rings. The van der Waals surface area contributed by atoms with Crippen LogP contribution in [-0.2, 0) is 24.4 Å². The van der Waals surface area contributed by atoms with Crippen LogP contribution in [0.3, 0.4) is 0 Å². The standard InChI is InChI=1S/H2O7S2.6H2O/c1-8(2,3)7-9(4,5)6;;;;;;/h(H,1,2,3)(H,4,5,6);6*1H2. The van der Waals surface area contributed by atoms with Crippen LogP contribution >= 0.6 is 0 Å². The number of hydrogen-bond donors (Lipinski definition) is 2. The van der Waals surface area contributed by atoms with Gasteiger partial charge >= 0.3 is 20.8 Å². The van der Waals surface area contributed by atoms with E-state index >= 15 is 0 Å². The van der Waals surface area contributed by atoms with Crippen LogP contribution in [0.5, 0.6) is 0 Å². The van der Waals surface area contributed by atoms with Crippen LogP contribution in [-0.4, -0.2) is 58.8 Å². The van der Waals surface area contributed by atoms with Crippen molar-refractivity contribution >= 4 is 20.8 Å². The highest BCUT2D eigenvalue weighted by molar-refractivity contribution is 7.94. The van der Waals surface area contributed by atoms with Gasteiger partial charge in [-0.2, -0.15) is 16.8 Å². The molecule has 0 rings (SSSR count). The van der Waals surface area contributed by atoms with Crippen LogP contribution < -0.4 is 0 Å². The maximum Gasteiger partial charge on any atom is 0.413 e. The second-order valence-electron chi connectivity index (χ2n) is 0.924. The van der Waals surface area contributed by atoms with Gasteiger partial charge in [0.1, 0.15) is 0 Å². The minimum atomic E-state index is -5.12. The lowest BCUT2D eigenvalue weighted by Gasteiger charge is -1.89. The first-order valence-corrected chi connectivity index (χ1v) is 4.10. The molecule has 0 spiro atoms. The van der Waals surface area contributed by atoms with E-state index in [9.17, 15) is 16.8 Å². The van der Waals surface area contributed by atoms with E-state index in [1.807, 2.05) is 0 Å². The van der Waals surface area contributed by atoms with Crippen LogP contribution in [0.15, 0.2) is 0 Å². The molecule has 15 heteroatoms. The molecule has 0 aromatic carbocycles. The maximum atomic E-state index is 9.44. The quantitative estimate of drug-likeness (QED) is 0.461. The van der Waals surface area contributed by atoms with E-state index in [2.05, 4.69) is 3.63 Å². The predicted molar refractivity (Wildman–Crippen MR) is 45.9 cm³/mol. The van der Waals surface area contributed by atoms with Crippen molar-refractivity contribution in [1.29, 1.82) is 0 Å². The van der Waals surface area contributed by atoms with E-state index in [0.717, 1.165) is 0 Å². The Labute approximate surface area is 84.0 Å². The molecule has 0 aliphatic carbocycles. The Kier molecular flexibility index (Phi) is 42.3. The van der Waals surface area contributed by atoms with Crippen LogP contribution in [0.25, 0.3) is 0 Å². The fraction of sp³-hybridized carbons (Fsp3) is 0. The zero-order chi connectivity index (χ0) is 7.71. The van der Waals surface area contributed by atoms with Crippen molar-refractivity contribution in [2.75, 3.05) is 0 Å². The fourth-order valence-electron chi connectivity index (χ4n) is 0.109. The van der Waals surface area contributed by atoms with Crippen molar-refractivity contribution < 1.29 is 62.4 Å². The third kappa shape index (κ3) is 58.8. The first-order valence-electron chi connectivity index (χ1n) is 1.37. The second kappa shape index (κ2) is 13.5. The van der Waals surface area contributed by atoms with Crippen LogP contribution in [0, 0.1) is 0 Å². The van der Waals surface area contributed by atoms with Gasteiger partial charge in [0.2, 0.25) is 0 Å². The normalized spacial score (nSPS) is 8.13. The lowest BCUT2D eigenvalue weighted by Crippen LogP contribution is -2.10. The van der Waals surface area contributed by atoms with E-state index in [4.69, 9.17) is 9.11 Å². The molecule has 0 saturated carbocycles. The van der Waals surface area contributed by atoms with Gasteiger partial charge in [-0.05, 0) is 0 Å². The van der Waals surface area contributed by atoms with Crippen LogP contribution in [0.2, 0.25) is 0 Å². The SMILES string of the molecule is O.O.O.O.O.O.O=S(=O)(O)OS(=O)(=O)O. The molecule has 0 bridgehead atoms. The highest BCUT2D eigenvalue weighted by Crippen LogP contribution is 1.91. The van der Waals surface area contributed by atoms with Crippen LogP contribution in [0.1, 0.15) is 0 Å². The van der Waals surface area contributed by atoms with Crippen molar-refractivity contribution in [2.24, 2.45) is 0 Å². The Morgan fingerprint density at radius 1 is 0.600 bits per heavy atom. The fourth-order valence-corrected chi connectivity index (χ4v) is 0.978. The molecule has 0 aromatic heterocycles. The lowest BCUT2D eigenvalue weighted by molar-refractivity contribution is 0.344. The monoisotopic (exact) mass is 286 g/mol. The molecule has 0 aliphatic rings. The summed E-state index contributed by atoms with van der Waals surface area (Å²) in [6, 6.07) is 0. The molecule has 0 radical (unpaired) electrons. The van der Waals surface area contributed by atoms with Crippen molar-refractivity contribution in [3.8, 4) is 0 Å². The predicted octanol–water partition coefficient (Wildman–Crippen LogP) is -6.34. The van der Waals surface area contributed by atoms with Gasteiger partial charge in [-0.15, -0.1) is 3.63 Å². The van der Waals surface area contributed by atoms with Gasteiger partial charge < -0.3 is 32.9 Å². The Morgan fingerprint density at radius 3 is 0.733 bits per heavy atom. The smallest absolute Gasteiger partial charge is 0.412 e. The maximum absolute atomic E-state index is 9.44. The molecule has 13 nitrogen and oxygen atoms in total. The average molecular weight is 286 g/mol. The van der Waals surface area contributed by atoms with Crippen molar-refractivity contribution in [3.63, 3.8) is 0 Å². The average Bonchev–Trinajstić information content (AvgIpc) is 1.14. The van der Waals surface area contributed by atoms with Crippen molar-refractivity contribution in [2.45, 2.75) is 0 Å². The molecule has 0 saturated heterocycles. The zero-order valence-electron chi connectivity index (χ0n) is 6.75. The lowest BCUT2D eigenvalue weighted by atomic mass is 15.8. The summed E-state index contributed by atoms with van der Waals surface area (Å²) in [5.41, 5.74) is 0. The second-order valence-corrected chi connectivity index (χ2v) is 3.18. The Balaban J connectivity index is -0.0000000213. The summed E-state index contributed by atoms with van der Waals surface area (Å²) in [5, 5.41) is 0. The van der Waals surface area contributed by atoms with Crippen molar-refractivity contribution in [1.82, 2.24) is 0 Å². The molecule has 0 atom stereocenters. The van der Waals surface area contributed by atoms with E-state index < -0.39 is 20.8 Å². The van der Waals surface area contributed by atoms with Crippen molar-refractivity contribution in [3.05, 3.63) is 0 Å². The third-order valence-corrected chi connectivity index (χ3v) is 1.55. The molecule has 0 heterocycles. The largest absolute Gasteiger partial charge is 0.413 e. The van der Waals surface area contributed by atoms with Crippen LogP contribution in [0.4, 0.5) is 0 Å². The summed E-state index contributed by atoms with van der Waals surface area (Å²) in [5.74, 6) is 0. The summed E-state index contributed by atoms with van der Waals surface area (Å²) in [6.07, 6.45) is 0. The molecule has 14 N–H and O–H groups in total. The van der Waals surface area contributed by atoms with E-state index in [-0.39, 0.29) is 32.9 Å². The Morgan fingerprint density at radius 2 is 0.733 bits per heavy atom. The Hall–Kier alpha value is -0.460. The van der Waals surface area contributed by atoms with Gasteiger partial charge in [0, 0.05) is 0 Å². The molecular weight excluding hydrogens is 272 g/mol. The minimum Gasteiger partial charge on any atom is -0.412 e. The topological polar surface area (TPSA) is 307 Å². The summed E-state index contributed by atoms with van der Waals surface area (Å²) in [6.45, 7) is 0. The van der Waals surface area contributed by atoms with Gasteiger partial charge in [-0.1, -0.05) is 0 Å². The minimum absolute atomic E-state index is 0. The molecule has 104 valence electrons. The summed E-state index contributed by atoms with van der Waals surface area (Å²) < 4.78 is 55.6. The molecular formula is H14O13S2. The van der Waals surface area contributed by atoms with Gasteiger partial charge in [-0.3, -0.25) is 9.11 Å². The van der Waals surface area contributed by atoms with E-state index in [1.54, 1.807) is 0 Å². The van der Waals surface area contributed by atoms with Gasteiger partial charge in [-0.25, -0.2) is 0 Å². The Bertz CT molecular complexity index is 234. The highest BCUT2D eigenvalue weighted by atomic mass is 32.3. The van der Waals surface area contributed by atoms with Gasteiger partial charge in [0.25, 0.3) is 0 Å². The highest BCUT2D eigenvalue weighted by Gasteiger charge is 2.15. The summed E-state index contributed by atoms with van der Waals surface area (Å²) in [4.78, 5) is 0. The summed E-state index contributed by atoms with van der Waals surface area (Å²) >= 11 is 0. The molecule has 0 aliphatic heterocycles. The molecule has 15 heavy (non-hydrogen) atoms. The third-order valence-electron chi connectivity index (χ3n) is 0.172. The number of hydrogen-bond acceptors (Lipinski definition) is 5. The molecule has 0 unspecified atom stereocenters. The molecule has 0 amide bonds. The molecule has 0 fully saturated rings. The van der Waals surface area contributed by atoms with Gasteiger partial charge in [0.15, 0.2) is 0 Å².